The third-order valence-corrected chi connectivity index (χ3v) is 1.93. The number of hydrogen-bond donors (Lipinski definition) is 1. The van der Waals surface area contributed by atoms with Crippen molar-refractivity contribution in [3.63, 3.8) is 0 Å². The van der Waals surface area contributed by atoms with Gasteiger partial charge in [0.2, 0.25) is 0 Å². The lowest BCUT2D eigenvalue weighted by atomic mass is 10.2. The minimum atomic E-state index is 1.23. The number of aromatic nitrogens is 1. The molecule has 0 spiro atoms. The van der Waals surface area contributed by atoms with Crippen LogP contribution in [-0.4, -0.2) is 4.98 Å². The predicted molar refractivity (Wildman–Crippen MR) is 55.9 cm³/mol. The smallest absolute Gasteiger partial charge is 0.00106 e. The Labute approximate surface area is 77.4 Å². The highest BCUT2D eigenvalue weighted by molar-refractivity contribution is 5.80. The van der Waals surface area contributed by atoms with Gasteiger partial charge >= 0.3 is 0 Å². The van der Waals surface area contributed by atoms with Crippen molar-refractivity contribution >= 4 is 10.8 Å². The number of fused-ring (bicyclic) bond motifs is 1. The van der Waals surface area contributed by atoms with E-state index in [2.05, 4.69) is 29.2 Å². The topological polar surface area (TPSA) is 15.8 Å². The van der Waals surface area contributed by atoms with E-state index in [9.17, 15) is 0 Å². The first-order valence-corrected chi connectivity index (χ1v) is 4.32. The number of nitrogens with one attached hydrogen (secondary N) is 1. The normalized spacial score (nSPS) is 9.54. The van der Waals surface area contributed by atoms with Crippen molar-refractivity contribution in [2.45, 2.75) is 0 Å². The molecule has 1 N–H and O–H groups in total. The molecular formula is C12H11N. The quantitative estimate of drug-likeness (QED) is 0.622. The highest BCUT2D eigenvalue weighted by Gasteiger charge is 1.83. The van der Waals surface area contributed by atoms with E-state index in [0.29, 0.717) is 0 Å². The molecule has 0 aliphatic heterocycles. The summed E-state index contributed by atoms with van der Waals surface area (Å²) in [5.41, 5.74) is 0. The fraction of sp³-hybridized carbons (Fsp3) is 0. The summed E-state index contributed by atoms with van der Waals surface area (Å²) in [6, 6.07) is 16.5. The monoisotopic (exact) mass is 169 g/mol. The van der Waals surface area contributed by atoms with E-state index in [1.54, 1.807) is 0 Å². The first kappa shape index (κ1) is 7.87. The predicted octanol–water partition coefficient (Wildman–Crippen LogP) is 3.29. The van der Waals surface area contributed by atoms with Crippen molar-refractivity contribution in [1.82, 2.24) is 4.98 Å². The summed E-state index contributed by atoms with van der Waals surface area (Å²) in [5, 5.41) is 2.47. The Morgan fingerprint density at radius 1 is 0.615 bits per heavy atom. The van der Waals surface area contributed by atoms with Gasteiger partial charge in [0.15, 0.2) is 0 Å². The molecule has 0 fully saturated rings. The van der Waals surface area contributed by atoms with Crippen molar-refractivity contribution in [2.75, 3.05) is 0 Å². The average Bonchev–Trinajstić information content (AvgIpc) is 2.28. The molecule has 0 atom stereocenters. The lowest BCUT2D eigenvalue weighted by Gasteiger charge is -1.89. The van der Waals surface area contributed by atoms with Gasteiger partial charge in [-0.3, -0.25) is 0 Å². The Morgan fingerprint density at radius 2 is 1.23 bits per heavy atom. The SMILES string of the molecule is c1ccc2ccccc2cc[nH]c1. The summed E-state index contributed by atoms with van der Waals surface area (Å²) in [6.45, 7) is 0. The van der Waals surface area contributed by atoms with Crippen molar-refractivity contribution in [3.8, 4) is 0 Å². The maximum Gasteiger partial charge on any atom is 0.00106 e. The van der Waals surface area contributed by atoms with Gasteiger partial charge in [-0.1, -0.05) is 36.4 Å². The number of hydrogen-bond acceptors (Lipinski definition) is 0. The Balaban J connectivity index is 2.82. The van der Waals surface area contributed by atoms with E-state index in [4.69, 9.17) is 0 Å². The highest BCUT2D eigenvalue weighted by atomic mass is 14.6. The van der Waals surface area contributed by atoms with E-state index in [1.807, 2.05) is 36.7 Å². The largest absolute Gasteiger partial charge is 0.368 e. The van der Waals surface area contributed by atoms with Gasteiger partial charge in [0.25, 0.3) is 0 Å². The van der Waals surface area contributed by atoms with E-state index in [0.717, 1.165) is 0 Å². The van der Waals surface area contributed by atoms with Crippen molar-refractivity contribution < 1.29 is 0 Å². The van der Waals surface area contributed by atoms with Gasteiger partial charge in [-0.05, 0) is 22.9 Å². The third kappa shape index (κ3) is 1.88. The van der Waals surface area contributed by atoms with Gasteiger partial charge < -0.3 is 4.98 Å². The zero-order valence-electron chi connectivity index (χ0n) is 7.27. The number of benzene rings is 1. The van der Waals surface area contributed by atoms with Crippen molar-refractivity contribution in [2.24, 2.45) is 0 Å². The van der Waals surface area contributed by atoms with Crippen LogP contribution in [0.5, 0.6) is 0 Å². The van der Waals surface area contributed by atoms with Gasteiger partial charge in [0.1, 0.15) is 0 Å². The van der Waals surface area contributed by atoms with Crippen molar-refractivity contribution in [3.05, 3.63) is 60.9 Å². The van der Waals surface area contributed by atoms with Gasteiger partial charge in [-0.15, -0.1) is 0 Å². The summed E-state index contributed by atoms with van der Waals surface area (Å²) >= 11 is 0. The van der Waals surface area contributed by atoms with Gasteiger partial charge in [0.05, 0.1) is 0 Å². The molecule has 1 aromatic carbocycles. The molecule has 13 heavy (non-hydrogen) atoms. The second-order valence-electron chi connectivity index (χ2n) is 2.85. The van der Waals surface area contributed by atoms with Crippen LogP contribution in [0.2, 0.25) is 0 Å². The second kappa shape index (κ2) is 3.76. The molecule has 0 bridgehead atoms. The molecule has 1 heterocycles. The summed E-state index contributed by atoms with van der Waals surface area (Å²) in [7, 11) is 0. The lowest BCUT2D eigenvalue weighted by Crippen LogP contribution is -1.64. The van der Waals surface area contributed by atoms with Crippen LogP contribution in [0.4, 0.5) is 0 Å². The molecule has 2 rings (SSSR count). The molecule has 1 nitrogen and oxygen atoms in total. The maximum atomic E-state index is 3.06. The Kier molecular flexibility index (Phi) is 2.28. The molecule has 0 unspecified atom stereocenters. The van der Waals surface area contributed by atoms with Crippen LogP contribution in [0.25, 0.3) is 10.8 Å². The van der Waals surface area contributed by atoms with Gasteiger partial charge in [-0.25, -0.2) is 0 Å². The second-order valence-corrected chi connectivity index (χ2v) is 2.85. The van der Waals surface area contributed by atoms with Crippen LogP contribution in [-0.2, 0) is 0 Å². The highest BCUT2D eigenvalue weighted by Crippen LogP contribution is 2.08. The van der Waals surface area contributed by atoms with Crippen LogP contribution in [0.1, 0.15) is 0 Å². The molecule has 0 aliphatic carbocycles. The molecule has 0 saturated carbocycles. The molecule has 64 valence electrons. The zero-order valence-corrected chi connectivity index (χ0v) is 7.27. The van der Waals surface area contributed by atoms with E-state index < -0.39 is 0 Å². The Bertz CT molecular complexity index is 401. The van der Waals surface area contributed by atoms with Gasteiger partial charge in [-0.2, -0.15) is 0 Å². The third-order valence-electron chi connectivity index (χ3n) is 1.93. The van der Waals surface area contributed by atoms with Crippen LogP contribution in [0.3, 0.4) is 0 Å². The summed E-state index contributed by atoms with van der Waals surface area (Å²) in [5.74, 6) is 0. The minimum Gasteiger partial charge on any atom is -0.368 e. The van der Waals surface area contributed by atoms with Crippen LogP contribution >= 0.6 is 0 Å². The molecule has 0 aliphatic rings. The molecule has 1 aromatic heterocycles. The summed E-state index contributed by atoms with van der Waals surface area (Å²) in [6.07, 6.45) is 3.83. The van der Waals surface area contributed by atoms with Crippen LogP contribution < -0.4 is 0 Å². The van der Waals surface area contributed by atoms with E-state index in [1.165, 1.54) is 10.8 Å². The molecule has 0 saturated heterocycles. The average molecular weight is 169 g/mol. The summed E-state index contributed by atoms with van der Waals surface area (Å²) < 4.78 is 0. The zero-order chi connectivity index (χ0) is 8.93. The molecule has 0 radical (unpaired) electrons. The fourth-order valence-electron chi connectivity index (χ4n) is 1.28. The molecule has 0 amide bonds. The van der Waals surface area contributed by atoms with Crippen molar-refractivity contribution in [1.29, 1.82) is 0 Å². The first-order chi connectivity index (χ1) is 6.47. The standard InChI is InChI=1S/C12H11N/c1-2-6-12-8-10-13-9-4-3-7-11(12)5-1/h1-10,13H. The first-order valence-electron chi connectivity index (χ1n) is 4.32. The molecular weight excluding hydrogens is 158 g/mol. The lowest BCUT2D eigenvalue weighted by molar-refractivity contribution is 1.36. The Hall–Kier alpha value is -1.76. The Morgan fingerprint density at radius 3 is 2.00 bits per heavy atom. The minimum absolute atomic E-state index is 1.23. The molecule has 1 heteroatoms. The van der Waals surface area contributed by atoms with Gasteiger partial charge in [0, 0.05) is 12.4 Å². The van der Waals surface area contributed by atoms with Crippen LogP contribution in [0, 0.1) is 0 Å². The van der Waals surface area contributed by atoms with E-state index in [-0.39, 0.29) is 0 Å². The maximum absolute atomic E-state index is 3.06. The van der Waals surface area contributed by atoms with E-state index >= 15 is 0 Å². The summed E-state index contributed by atoms with van der Waals surface area (Å²) in [4.78, 5) is 3.06. The number of rotatable bonds is 0. The fourth-order valence-corrected chi connectivity index (χ4v) is 1.28. The molecule has 2 aromatic rings. The number of aromatic amines is 1. The number of H-pyrrole nitrogens is 1. The van der Waals surface area contributed by atoms with Crippen LogP contribution in [0.15, 0.2) is 60.9 Å².